The van der Waals surface area contributed by atoms with Gasteiger partial charge in [0.25, 0.3) is 5.91 Å². The Kier molecular flexibility index (Phi) is 10.7. The number of fused-ring (bicyclic) bond motifs is 3. The molecule has 1 fully saturated rings. The summed E-state index contributed by atoms with van der Waals surface area (Å²) in [5.41, 5.74) is 1.93. The minimum absolute atomic E-state index is 0.0148. The van der Waals surface area contributed by atoms with Crippen LogP contribution in [0.3, 0.4) is 0 Å². The van der Waals surface area contributed by atoms with Crippen LogP contribution in [0.2, 0.25) is 0 Å². The number of anilines is 1. The number of hydrogen-bond donors (Lipinski definition) is 7. The van der Waals surface area contributed by atoms with E-state index < -0.39 is 75.6 Å². The molecule has 1 aromatic rings. The molecule has 11 heteroatoms. The van der Waals surface area contributed by atoms with Gasteiger partial charge in [-0.05, 0) is 38.1 Å². The molecule has 4 rings (SSSR count). The number of aliphatic hydroxyl groups excluding tert-OH is 3. The van der Waals surface area contributed by atoms with Crippen molar-refractivity contribution in [3.8, 4) is 5.75 Å². The number of nitrogens with two attached hydrogens (primary N) is 1. The normalized spacial score (nSPS) is 27.8. The molecule has 6 atom stereocenters. The molecule has 0 bridgehead atoms. The standard InChI is InChI=1S/C34H49N3O8/c1-5-6-7-8-9-10-11-12-13-14-17-36-20-16-15-19-18(2)21-23(28(39)22(19)27(20)38)31(42)34(45)25(29(21)40)26(37(3)4)30(41)24(32(34)43)33(35)44/h15-16,18,21,25-26,29,36,38-40,43,45H,5-14,17H2,1-4H3,(H2,35,44)/t18-,21?,25?,26-,29-,34-/m0/s1. The van der Waals surface area contributed by atoms with Gasteiger partial charge in [0.2, 0.25) is 5.78 Å². The Hall–Kier alpha value is -3.41. The molecule has 0 radical (unpaired) electrons. The summed E-state index contributed by atoms with van der Waals surface area (Å²) in [6.07, 6.45) is 10.3. The number of Topliss-reactive ketones (excluding diaryl/α,β-unsaturated/α-hetero) is 2. The van der Waals surface area contributed by atoms with Gasteiger partial charge in [-0.15, -0.1) is 0 Å². The van der Waals surface area contributed by atoms with Gasteiger partial charge in [0.1, 0.15) is 22.8 Å². The predicted octanol–water partition coefficient (Wildman–Crippen LogP) is 3.83. The number of rotatable bonds is 14. The van der Waals surface area contributed by atoms with E-state index in [9.17, 15) is 39.9 Å². The van der Waals surface area contributed by atoms with Gasteiger partial charge in [-0.2, -0.15) is 0 Å². The minimum atomic E-state index is -2.93. The number of benzene rings is 1. The van der Waals surface area contributed by atoms with Crippen molar-refractivity contribution in [2.45, 2.75) is 102 Å². The smallest absolute Gasteiger partial charge is 0.255 e. The number of amides is 1. The number of primary amides is 1. The number of nitrogens with zero attached hydrogens (tertiary/aromatic N) is 1. The first-order valence-electron chi connectivity index (χ1n) is 16.2. The SMILES string of the molecule is CCCCCCCCCCCCNc1ccc2c(c1O)C(O)=C1C(=O)[C@]3(O)C(O)=C(C(N)=O)C(=O)[C@@H](N(C)C)C3[C@@H](O)C1[C@H]2C. The van der Waals surface area contributed by atoms with Crippen LogP contribution in [0.15, 0.2) is 29.0 Å². The van der Waals surface area contributed by atoms with Gasteiger partial charge in [-0.25, -0.2) is 0 Å². The number of ketones is 2. The third-order valence-corrected chi connectivity index (χ3v) is 9.98. The molecule has 11 nitrogen and oxygen atoms in total. The molecule has 0 saturated heterocycles. The fourth-order valence-corrected chi connectivity index (χ4v) is 7.59. The Labute approximate surface area is 264 Å². The van der Waals surface area contributed by atoms with E-state index in [0.717, 1.165) is 19.3 Å². The highest BCUT2D eigenvalue weighted by Gasteiger charge is 2.68. The number of likely N-dealkylation sites (N-methyl/N-ethyl adjacent to an activating group) is 1. The first-order valence-corrected chi connectivity index (χ1v) is 16.2. The summed E-state index contributed by atoms with van der Waals surface area (Å²) in [6.45, 7) is 4.52. The molecule has 0 aromatic heterocycles. The second kappa shape index (κ2) is 13.9. The molecule has 45 heavy (non-hydrogen) atoms. The van der Waals surface area contributed by atoms with Crippen LogP contribution in [0.1, 0.15) is 95.1 Å². The molecule has 2 unspecified atom stereocenters. The third kappa shape index (κ3) is 5.97. The maximum Gasteiger partial charge on any atom is 0.255 e. The lowest BCUT2D eigenvalue weighted by Crippen LogP contribution is -2.70. The van der Waals surface area contributed by atoms with Gasteiger partial charge < -0.3 is 36.6 Å². The summed E-state index contributed by atoms with van der Waals surface area (Å²) in [6, 6.07) is 2.02. The van der Waals surface area contributed by atoms with Gasteiger partial charge in [-0.3, -0.25) is 19.3 Å². The Morgan fingerprint density at radius 1 is 0.978 bits per heavy atom. The largest absolute Gasteiger partial charge is 0.508 e. The second-order valence-electron chi connectivity index (χ2n) is 13.1. The van der Waals surface area contributed by atoms with Crippen molar-refractivity contribution in [2.24, 2.45) is 17.6 Å². The Balaban J connectivity index is 1.59. The first-order chi connectivity index (χ1) is 21.3. The average molecular weight is 628 g/mol. The summed E-state index contributed by atoms with van der Waals surface area (Å²) in [5, 5.41) is 60.5. The molecular weight excluding hydrogens is 578 g/mol. The summed E-state index contributed by atoms with van der Waals surface area (Å²) >= 11 is 0. The molecule has 248 valence electrons. The highest BCUT2D eigenvalue weighted by molar-refractivity contribution is 6.24. The molecule has 3 aliphatic rings. The number of aromatic hydroxyl groups is 1. The first kappa shape index (κ1) is 34.5. The number of aliphatic hydroxyl groups is 4. The van der Waals surface area contributed by atoms with E-state index in [1.807, 2.05) is 0 Å². The molecule has 3 aliphatic carbocycles. The van der Waals surface area contributed by atoms with Crippen LogP contribution in [0.4, 0.5) is 5.69 Å². The predicted molar refractivity (Wildman–Crippen MR) is 171 cm³/mol. The molecular formula is C34H49N3O8. The van der Waals surface area contributed by atoms with E-state index in [-0.39, 0.29) is 11.3 Å². The van der Waals surface area contributed by atoms with Crippen molar-refractivity contribution in [1.29, 1.82) is 0 Å². The zero-order chi connectivity index (χ0) is 33.2. The van der Waals surface area contributed by atoms with E-state index in [2.05, 4.69) is 12.2 Å². The topological polar surface area (TPSA) is 194 Å². The highest BCUT2D eigenvalue weighted by atomic mass is 16.4. The van der Waals surface area contributed by atoms with Crippen molar-refractivity contribution in [3.63, 3.8) is 0 Å². The molecule has 1 aromatic carbocycles. The Morgan fingerprint density at radius 2 is 1.56 bits per heavy atom. The number of phenols is 1. The average Bonchev–Trinajstić information content (AvgIpc) is 2.98. The van der Waals surface area contributed by atoms with E-state index in [1.54, 1.807) is 19.1 Å². The molecule has 0 aliphatic heterocycles. The van der Waals surface area contributed by atoms with Gasteiger partial charge in [-0.1, -0.05) is 77.7 Å². The second-order valence-corrected chi connectivity index (χ2v) is 13.1. The van der Waals surface area contributed by atoms with Crippen LogP contribution in [0, 0.1) is 11.8 Å². The molecule has 1 saturated carbocycles. The minimum Gasteiger partial charge on any atom is -0.508 e. The number of hydrogen-bond acceptors (Lipinski definition) is 10. The van der Waals surface area contributed by atoms with Crippen LogP contribution >= 0.6 is 0 Å². The quantitative estimate of drug-likeness (QED) is 0.0905. The van der Waals surface area contributed by atoms with Crippen LogP contribution in [0.25, 0.3) is 5.76 Å². The lowest BCUT2D eigenvalue weighted by molar-refractivity contribution is -0.169. The Morgan fingerprint density at radius 3 is 2.11 bits per heavy atom. The molecule has 1 amide bonds. The fourth-order valence-electron chi connectivity index (χ4n) is 7.59. The van der Waals surface area contributed by atoms with Crippen molar-refractivity contribution in [1.82, 2.24) is 4.90 Å². The van der Waals surface area contributed by atoms with Gasteiger partial charge >= 0.3 is 0 Å². The monoisotopic (exact) mass is 627 g/mol. The van der Waals surface area contributed by atoms with E-state index >= 15 is 0 Å². The van der Waals surface area contributed by atoms with Crippen molar-refractivity contribution < 1.29 is 39.9 Å². The van der Waals surface area contributed by atoms with Crippen molar-refractivity contribution in [2.75, 3.05) is 26.0 Å². The Bertz CT molecular complexity index is 1390. The molecule has 8 N–H and O–H groups in total. The molecule has 0 spiro atoms. The van der Waals surface area contributed by atoms with Crippen molar-refractivity contribution in [3.05, 3.63) is 40.2 Å². The zero-order valence-electron chi connectivity index (χ0n) is 26.8. The van der Waals surface area contributed by atoms with Gasteiger partial charge in [0, 0.05) is 18.0 Å². The summed E-state index contributed by atoms with van der Waals surface area (Å²) in [4.78, 5) is 40.9. The molecule has 0 heterocycles. The number of unbranched alkanes of at least 4 members (excludes halogenated alkanes) is 9. The maximum absolute atomic E-state index is 14.1. The highest BCUT2D eigenvalue weighted by Crippen LogP contribution is 2.56. The van der Waals surface area contributed by atoms with Crippen molar-refractivity contribution >= 4 is 28.9 Å². The summed E-state index contributed by atoms with van der Waals surface area (Å²) in [7, 11) is 2.96. The third-order valence-electron chi connectivity index (χ3n) is 9.98. The number of nitrogens with one attached hydrogen (secondary N) is 1. The lowest BCUT2D eigenvalue weighted by atomic mass is 9.54. The van der Waals surface area contributed by atoms with Gasteiger partial charge in [0.15, 0.2) is 11.4 Å². The summed E-state index contributed by atoms with van der Waals surface area (Å²) < 4.78 is 0. The van der Waals surface area contributed by atoms with E-state index in [0.29, 0.717) is 17.8 Å². The number of carbonyl (C=O) groups is 3. The summed E-state index contributed by atoms with van der Waals surface area (Å²) in [5.74, 6) is -8.91. The number of carbonyl (C=O) groups excluding carboxylic acids is 3. The maximum atomic E-state index is 14.1. The van der Waals surface area contributed by atoms with Crippen LogP contribution in [0.5, 0.6) is 5.75 Å². The van der Waals surface area contributed by atoms with Crippen LogP contribution in [-0.4, -0.2) is 86.3 Å². The fraction of sp³-hybridized carbons (Fsp3) is 0.618. The van der Waals surface area contributed by atoms with Gasteiger partial charge in [0.05, 0.1) is 29.3 Å². The lowest BCUT2D eigenvalue weighted by Gasteiger charge is -2.53. The van der Waals surface area contributed by atoms with E-state index in [1.165, 1.54) is 63.9 Å². The van der Waals surface area contributed by atoms with E-state index in [4.69, 9.17) is 5.73 Å². The number of phenolic OH excluding ortho intramolecular Hbond substituents is 1. The van der Waals surface area contributed by atoms with Crippen LogP contribution in [-0.2, 0) is 14.4 Å². The zero-order valence-corrected chi connectivity index (χ0v) is 26.8. The van der Waals surface area contributed by atoms with Crippen LogP contribution < -0.4 is 11.1 Å².